The lowest BCUT2D eigenvalue weighted by molar-refractivity contribution is -0.137. The molecule has 0 saturated carbocycles. The molecule has 0 aliphatic carbocycles. The van der Waals surface area contributed by atoms with Crippen LogP contribution in [0, 0.1) is 0 Å². The third kappa shape index (κ3) is 8.36. The number of nitrogens with two attached hydrogens (primary N) is 1. The van der Waals surface area contributed by atoms with Crippen LogP contribution in [0.15, 0.2) is 72.3 Å². The number of hydrogen-bond donors (Lipinski definition) is 3. The zero-order chi connectivity index (χ0) is 27.8. The van der Waals surface area contributed by atoms with Gasteiger partial charge in [0.15, 0.2) is 0 Å². The lowest BCUT2D eigenvalue weighted by Crippen LogP contribution is -2.43. The van der Waals surface area contributed by atoms with E-state index in [1.54, 1.807) is 11.9 Å². The number of hydrogen-bond acceptors (Lipinski definition) is 7. The Hall–Kier alpha value is -2.76. The number of nitrogens with zero attached hydrogens (tertiary/aromatic N) is 3. The van der Waals surface area contributed by atoms with E-state index < -0.39 is 11.7 Å². The molecule has 1 aromatic heterocycles. The number of halogens is 4. The van der Waals surface area contributed by atoms with Gasteiger partial charge in [-0.25, -0.2) is 9.29 Å². The molecule has 11 heteroatoms. The van der Waals surface area contributed by atoms with Crippen molar-refractivity contribution in [2.75, 3.05) is 49.5 Å². The van der Waals surface area contributed by atoms with Gasteiger partial charge in [-0.2, -0.15) is 13.2 Å². The number of pyridine rings is 1. The van der Waals surface area contributed by atoms with E-state index in [1.165, 1.54) is 5.56 Å². The molecule has 2 heterocycles. The van der Waals surface area contributed by atoms with Crippen LogP contribution in [0.5, 0.6) is 0 Å². The fourth-order valence-electron chi connectivity index (χ4n) is 4.10. The van der Waals surface area contributed by atoms with Crippen molar-refractivity contribution >= 4 is 40.8 Å². The summed E-state index contributed by atoms with van der Waals surface area (Å²) in [6, 6.07) is 17.4. The second-order valence-electron chi connectivity index (χ2n) is 9.17. The van der Waals surface area contributed by atoms with Crippen LogP contribution in [0.1, 0.15) is 23.1 Å². The Bertz CT molecular complexity index is 1230. The molecule has 39 heavy (non-hydrogen) atoms. The van der Waals surface area contributed by atoms with Gasteiger partial charge in [-0.3, -0.25) is 0 Å². The Morgan fingerprint density at radius 3 is 2.38 bits per heavy atom. The summed E-state index contributed by atoms with van der Waals surface area (Å²) in [7, 11) is 0. The third-order valence-electron chi connectivity index (χ3n) is 6.28. The third-order valence-corrected chi connectivity index (χ3v) is 7.69. The lowest BCUT2D eigenvalue weighted by atomic mass is 10.1. The van der Waals surface area contributed by atoms with Gasteiger partial charge in [0.2, 0.25) is 0 Å². The second kappa shape index (κ2) is 13.5. The van der Waals surface area contributed by atoms with E-state index >= 15 is 0 Å². The molecule has 0 bridgehead atoms. The van der Waals surface area contributed by atoms with Crippen molar-refractivity contribution in [1.82, 2.24) is 14.6 Å². The maximum absolute atomic E-state index is 13.2. The summed E-state index contributed by atoms with van der Waals surface area (Å²) in [5.41, 5.74) is 8.66. The van der Waals surface area contributed by atoms with Crippen LogP contribution >= 0.6 is 23.5 Å². The number of rotatable bonds is 11. The molecule has 2 aromatic carbocycles. The first-order valence-electron chi connectivity index (χ1n) is 12.7. The van der Waals surface area contributed by atoms with E-state index in [-0.39, 0.29) is 5.02 Å². The Balaban J connectivity index is 1.25. The van der Waals surface area contributed by atoms with Crippen molar-refractivity contribution in [3.05, 3.63) is 89.1 Å². The highest BCUT2D eigenvalue weighted by Gasteiger charge is 2.34. The molecule has 0 unspecified atom stereocenters. The maximum atomic E-state index is 13.2. The quantitative estimate of drug-likeness (QED) is 0.188. The lowest BCUT2D eigenvalue weighted by Gasteiger charge is -2.34. The molecular weight excluding hydrogens is 545 g/mol. The average molecular weight is 577 g/mol. The summed E-state index contributed by atoms with van der Waals surface area (Å²) in [6.07, 6.45) is -2.47. The average Bonchev–Trinajstić information content (AvgIpc) is 2.93. The zero-order valence-electron chi connectivity index (χ0n) is 21.5. The van der Waals surface area contributed by atoms with E-state index in [0.29, 0.717) is 38.5 Å². The monoisotopic (exact) mass is 576 g/mol. The predicted octanol–water partition coefficient (Wildman–Crippen LogP) is 6.10. The molecule has 1 saturated heterocycles. The number of benzene rings is 2. The minimum absolute atomic E-state index is 0.292. The van der Waals surface area contributed by atoms with Crippen LogP contribution in [0.4, 0.5) is 24.7 Å². The molecule has 1 aliphatic heterocycles. The van der Waals surface area contributed by atoms with Gasteiger partial charge < -0.3 is 21.3 Å². The molecule has 208 valence electrons. The van der Waals surface area contributed by atoms with Crippen LogP contribution in [0.2, 0.25) is 5.02 Å². The summed E-state index contributed by atoms with van der Waals surface area (Å²) in [6.45, 7) is 9.09. The maximum Gasteiger partial charge on any atom is 0.418 e. The number of aromatic nitrogens is 1. The summed E-state index contributed by atoms with van der Waals surface area (Å²) in [5.74, 6) is 0.292. The molecule has 1 aliphatic rings. The van der Waals surface area contributed by atoms with Gasteiger partial charge >= 0.3 is 6.18 Å². The van der Waals surface area contributed by atoms with E-state index in [1.807, 2.05) is 29.2 Å². The van der Waals surface area contributed by atoms with Gasteiger partial charge in [0.05, 0.1) is 10.6 Å². The molecule has 0 atom stereocenters. The molecule has 1 fully saturated rings. The largest absolute Gasteiger partial charge is 0.418 e. The first kappa shape index (κ1) is 29.2. The van der Waals surface area contributed by atoms with Crippen LogP contribution in [-0.2, 0) is 12.7 Å². The number of anilines is 2. The smallest absolute Gasteiger partial charge is 0.356 e. The van der Waals surface area contributed by atoms with Crippen molar-refractivity contribution in [1.29, 1.82) is 0 Å². The van der Waals surface area contributed by atoms with Crippen molar-refractivity contribution in [2.24, 2.45) is 5.73 Å². The first-order chi connectivity index (χ1) is 18.7. The van der Waals surface area contributed by atoms with Gasteiger partial charge in [-0.05, 0) is 72.9 Å². The van der Waals surface area contributed by atoms with E-state index in [4.69, 9.17) is 17.3 Å². The van der Waals surface area contributed by atoms with E-state index in [9.17, 15) is 13.2 Å². The Morgan fingerprint density at radius 1 is 1.05 bits per heavy atom. The van der Waals surface area contributed by atoms with Crippen molar-refractivity contribution in [2.45, 2.75) is 24.0 Å². The van der Waals surface area contributed by atoms with Crippen LogP contribution in [0.25, 0.3) is 5.70 Å². The fourth-order valence-corrected chi connectivity index (χ4v) is 5.22. The Morgan fingerprint density at radius 2 is 1.74 bits per heavy atom. The Labute approximate surface area is 236 Å². The summed E-state index contributed by atoms with van der Waals surface area (Å²) in [5, 5.41) is 6.35. The summed E-state index contributed by atoms with van der Waals surface area (Å²) < 4.78 is 41.8. The molecule has 0 radical (unpaired) electrons. The molecule has 6 nitrogen and oxygen atoms in total. The Kier molecular flexibility index (Phi) is 10.1. The van der Waals surface area contributed by atoms with Crippen LogP contribution in [0.3, 0.4) is 0 Å². The molecule has 4 rings (SSSR count). The summed E-state index contributed by atoms with van der Waals surface area (Å²) >= 11 is 7.33. The number of piperazine rings is 1. The van der Waals surface area contributed by atoms with Crippen molar-refractivity contribution < 1.29 is 13.2 Å². The number of alkyl halides is 3. The summed E-state index contributed by atoms with van der Waals surface area (Å²) in [4.78, 5) is 7.04. The molecule has 4 N–H and O–H groups in total. The zero-order valence-corrected chi connectivity index (χ0v) is 23.0. The second-order valence-corrected chi connectivity index (χ2v) is 10.7. The highest BCUT2D eigenvalue weighted by atomic mass is 35.5. The molecular formula is C28H32ClF3N6S. The molecule has 0 amide bonds. The highest BCUT2D eigenvalue weighted by molar-refractivity contribution is 7.97. The number of nitrogens with one attached hydrogen (secondary N) is 2. The minimum Gasteiger partial charge on any atom is -0.356 e. The fraction of sp³-hybridized carbons (Fsp3) is 0.321. The first-order valence-corrected chi connectivity index (χ1v) is 13.8. The van der Waals surface area contributed by atoms with Gasteiger partial charge in [-0.15, -0.1) is 0 Å². The molecule has 3 aromatic rings. The van der Waals surface area contributed by atoms with Gasteiger partial charge in [-0.1, -0.05) is 42.4 Å². The van der Waals surface area contributed by atoms with Gasteiger partial charge in [0.25, 0.3) is 0 Å². The standard InChI is InChI=1S/C28H32ClF3N6S/c1-20(22-5-3-21(4-6-22)18-34-12-2-11-33)36-23-7-9-24(10-8-23)39-38-15-13-37(14-16-38)27-17-25(28(30,31)32)26(29)19-35-27/h3-10,17,19,34,36H,1-2,11-16,18,33H2. The SMILES string of the molecule is C=C(Nc1ccc(SN2CCN(c3cc(C(F)(F)F)c(Cl)cn3)CC2)cc1)c1ccc(CNCCCN)cc1. The topological polar surface area (TPSA) is 69.5 Å². The normalized spacial score (nSPS) is 14.4. The van der Waals surface area contributed by atoms with E-state index in [2.05, 4.69) is 50.8 Å². The van der Waals surface area contributed by atoms with Gasteiger partial charge in [0, 0.05) is 55.2 Å². The van der Waals surface area contributed by atoms with Gasteiger partial charge in [0.1, 0.15) is 5.82 Å². The predicted molar refractivity (Wildman–Crippen MR) is 155 cm³/mol. The highest BCUT2D eigenvalue weighted by Crippen LogP contribution is 2.36. The minimum atomic E-state index is -4.51. The van der Waals surface area contributed by atoms with E-state index in [0.717, 1.165) is 53.6 Å². The van der Waals surface area contributed by atoms with Crippen molar-refractivity contribution in [3.63, 3.8) is 0 Å². The van der Waals surface area contributed by atoms with Crippen LogP contribution < -0.4 is 21.3 Å². The van der Waals surface area contributed by atoms with Crippen molar-refractivity contribution in [3.8, 4) is 0 Å². The molecule has 0 spiro atoms. The van der Waals surface area contributed by atoms with Crippen LogP contribution in [-0.4, -0.2) is 48.6 Å².